The third-order valence-corrected chi connectivity index (χ3v) is 6.56. The third-order valence-electron chi connectivity index (χ3n) is 4.66. The molecule has 1 saturated heterocycles. The van der Waals surface area contributed by atoms with Crippen molar-refractivity contribution >= 4 is 21.6 Å². The molecular formula is C18H20N4O5S. The van der Waals surface area contributed by atoms with E-state index in [-0.39, 0.29) is 35.5 Å². The molecule has 0 spiro atoms. The van der Waals surface area contributed by atoms with Crippen molar-refractivity contribution < 1.29 is 18.1 Å². The lowest BCUT2D eigenvalue weighted by Gasteiger charge is -2.30. The van der Waals surface area contributed by atoms with Gasteiger partial charge in [0.05, 0.1) is 22.1 Å². The van der Waals surface area contributed by atoms with Crippen molar-refractivity contribution in [2.75, 3.05) is 13.1 Å². The Balaban J connectivity index is 1.59. The maximum atomic E-state index is 12.7. The van der Waals surface area contributed by atoms with Crippen molar-refractivity contribution in [2.45, 2.75) is 24.3 Å². The summed E-state index contributed by atoms with van der Waals surface area (Å²) in [4.78, 5) is 26.6. The minimum Gasteiger partial charge on any atom is -0.350 e. The predicted molar refractivity (Wildman–Crippen MR) is 101 cm³/mol. The number of non-ortho nitro benzene ring substituents is 1. The molecule has 1 aliphatic rings. The number of nitro benzene ring substituents is 1. The summed E-state index contributed by atoms with van der Waals surface area (Å²) in [6, 6.07) is 10.4. The monoisotopic (exact) mass is 404 g/mol. The number of amides is 1. The van der Waals surface area contributed by atoms with Crippen molar-refractivity contribution in [3.05, 3.63) is 64.5 Å². The highest BCUT2D eigenvalue weighted by Crippen LogP contribution is 2.26. The lowest BCUT2D eigenvalue weighted by Crippen LogP contribution is -2.42. The molecule has 0 radical (unpaired) electrons. The van der Waals surface area contributed by atoms with Gasteiger partial charge in [0.1, 0.15) is 0 Å². The van der Waals surface area contributed by atoms with Crippen LogP contribution in [0, 0.1) is 16.0 Å². The Kier molecular flexibility index (Phi) is 6.00. The lowest BCUT2D eigenvalue weighted by atomic mass is 9.97. The first-order valence-electron chi connectivity index (χ1n) is 8.80. The molecule has 1 aromatic carbocycles. The number of nitro groups is 1. The van der Waals surface area contributed by atoms with Gasteiger partial charge in [0.2, 0.25) is 15.9 Å². The van der Waals surface area contributed by atoms with Crippen LogP contribution in [0.1, 0.15) is 18.5 Å². The summed E-state index contributed by atoms with van der Waals surface area (Å²) in [6.07, 6.45) is 2.43. The first-order chi connectivity index (χ1) is 13.4. The number of sulfonamides is 1. The molecular weight excluding hydrogens is 384 g/mol. The summed E-state index contributed by atoms with van der Waals surface area (Å²) in [6.45, 7) is 0.700. The Morgan fingerprint density at radius 2 is 1.96 bits per heavy atom. The van der Waals surface area contributed by atoms with Gasteiger partial charge in [-0.3, -0.25) is 19.9 Å². The van der Waals surface area contributed by atoms with E-state index >= 15 is 0 Å². The highest BCUT2D eigenvalue weighted by Gasteiger charge is 2.32. The average Bonchev–Trinajstić information content (AvgIpc) is 2.73. The molecule has 3 rings (SSSR count). The van der Waals surface area contributed by atoms with Gasteiger partial charge in [0.25, 0.3) is 5.69 Å². The topological polar surface area (TPSA) is 123 Å². The molecule has 0 atom stereocenters. The van der Waals surface area contributed by atoms with Crippen LogP contribution >= 0.6 is 0 Å². The van der Waals surface area contributed by atoms with Crippen LogP contribution in [-0.4, -0.2) is 41.6 Å². The van der Waals surface area contributed by atoms with Gasteiger partial charge in [-0.05, 0) is 31.0 Å². The number of pyridine rings is 1. The maximum absolute atomic E-state index is 12.7. The van der Waals surface area contributed by atoms with Gasteiger partial charge in [-0.25, -0.2) is 8.42 Å². The molecule has 2 heterocycles. The van der Waals surface area contributed by atoms with Crippen LogP contribution in [0.15, 0.2) is 53.6 Å². The number of carbonyl (C=O) groups excluding carboxylic acids is 1. The number of nitrogens with one attached hydrogen (secondary N) is 1. The summed E-state index contributed by atoms with van der Waals surface area (Å²) in [5, 5.41) is 13.7. The summed E-state index contributed by atoms with van der Waals surface area (Å²) in [5.41, 5.74) is 0.478. The van der Waals surface area contributed by atoms with E-state index in [9.17, 15) is 23.3 Å². The second-order valence-electron chi connectivity index (χ2n) is 6.47. The second kappa shape index (κ2) is 8.44. The van der Waals surface area contributed by atoms with E-state index in [4.69, 9.17) is 0 Å². The fourth-order valence-electron chi connectivity index (χ4n) is 3.09. The molecule has 1 amide bonds. The van der Waals surface area contributed by atoms with Gasteiger partial charge in [0.15, 0.2) is 0 Å². The second-order valence-corrected chi connectivity index (χ2v) is 8.41. The minimum atomic E-state index is -3.84. The quantitative estimate of drug-likeness (QED) is 0.578. The van der Waals surface area contributed by atoms with Gasteiger partial charge in [-0.1, -0.05) is 12.1 Å². The summed E-state index contributed by atoms with van der Waals surface area (Å²) in [5.74, 6) is -0.404. The molecule has 0 aliphatic carbocycles. The van der Waals surface area contributed by atoms with Crippen molar-refractivity contribution in [3.63, 3.8) is 0 Å². The van der Waals surface area contributed by atoms with Crippen LogP contribution in [0.5, 0.6) is 0 Å². The van der Waals surface area contributed by atoms with E-state index in [1.165, 1.54) is 22.5 Å². The van der Waals surface area contributed by atoms with Crippen molar-refractivity contribution in [1.29, 1.82) is 0 Å². The molecule has 0 unspecified atom stereocenters. The molecule has 148 valence electrons. The Hall–Kier alpha value is -2.85. The molecule has 9 nitrogen and oxygen atoms in total. The van der Waals surface area contributed by atoms with Crippen molar-refractivity contribution in [2.24, 2.45) is 5.92 Å². The standard InChI is InChI=1S/C18H20N4O5S/c23-18(20-13-15-4-1-2-9-19-15)14-7-10-21(11-8-14)28(26,27)17-6-3-5-16(12-17)22(24)25/h1-6,9,12,14H,7-8,10-11,13H2,(H,20,23). The highest BCUT2D eigenvalue weighted by atomic mass is 32.2. The van der Waals surface area contributed by atoms with Crippen LogP contribution in [0.3, 0.4) is 0 Å². The number of nitrogens with zero attached hydrogens (tertiary/aromatic N) is 3. The first-order valence-corrected chi connectivity index (χ1v) is 10.2. The molecule has 2 aromatic rings. The number of carbonyl (C=O) groups is 1. The zero-order chi connectivity index (χ0) is 20.1. The van der Waals surface area contributed by atoms with Crippen LogP contribution in [0.2, 0.25) is 0 Å². The fraction of sp³-hybridized carbons (Fsp3) is 0.333. The first kappa shape index (κ1) is 19.9. The zero-order valence-corrected chi connectivity index (χ0v) is 15.8. The van der Waals surface area contributed by atoms with Gasteiger partial charge >= 0.3 is 0 Å². The summed E-state index contributed by atoms with van der Waals surface area (Å²) in [7, 11) is -3.84. The van der Waals surface area contributed by atoms with E-state index in [1.807, 2.05) is 12.1 Å². The number of benzene rings is 1. The van der Waals surface area contributed by atoms with Gasteiger partial charge in [0, 0.05) is 37.3 Å². The van der Waals surface area contributed by atoms with E-state index in [2.05, 4.69) is 10.3 Å². The van der Waals surface area contributed by atoms with Crippen molar-refractivity contribution in [3.8, 4) is 0 Å². The molecule has 1 aliphatic heterocycles. The molecule has 28 heavy (non-hydrogen) atoms. The number of rotatable bonds is 6. The van der Waals surface area contributed by atoms with E-state index in [0.29, 0.717) is 19.4 Å². The average molecular weight is 404 g/mol. The normalized spacial score (nSPS) is 15.9. The smallest absolute Gasteiger partial charge is 0.270 e. The number of hydrogen-bond acceptors (Lipinski definition) is 6. The third kappa shape index (κ3) is 4.52. The summed E-state index contributed by atoms with van der Waals surface area (Å²) < 4.78 is 26.8. The van der Waals surface area contributed by atoms with E-state index < -0.39 is 14.9 Å². The number of aromatic nitrogens is 1. The van der Waals surface area contributed by atoms with Crippen LogP contribution in [0.25, 0.3) is 0 Å². The van der Waals surface area contributed by atoms with E-state index in [0.717, 1.165) is 11.8 Å². The highest BCUT2D eigenvalue weighted by molar-refractivity contribution is 7.89. The number of piperidine rings is 1. The molecule has 0 saturated carbocycles. The van der Waals surface area contributed by atoms with Crippen LogP contribution < -0.4 is 5.32 Å². The van der Waals surface area contributed by atoms with Crippen LogP contribution in [-0.2, 0) is 21.4 Å². The molecule has 1 aromatic heterocycles. The maximum Gasteiger partial charge on any atom is 0.270 e. The van der Waals surface area contributed by atoms with Gasteiger partial charge in [-0.2, -0.15) is 4.31 Å². The largest absolute Gasteiger partial charge is 0.350 e. The Morgan fingerprint density at radius 3 is 2.61 bits per heavy atom. The Bertz CT molecular complexity index is 957. The summed E-state index contributed by atoms with van der Waals surface area (Å²) >= 11 is 0. The van der Waals surface area contributed by atoms with E-state index in [1.54, 1.807) is 12.3 Å². The Morgan fingerprint density at radius 1 is 1.21 bits per heavy atom. The van der Waals surface area contributed by atoms with Gasteiger partial charge in [-0.15, -0.1) is 0 Å². The number of hydrogen-bond donors (Lipinski definition) is 1. The zero-order valence-electron chi connectivity index (χ0n) is 15.0. The predicted octanol–water partition coefficient (Wildman–Crippen LogP) is 1.71. The lowest BCUT2D eigenvalue weighted by molar-refractivity contribution is -0.385. The SMILES string of the molecule is O=C(NCc1ccccn1)C1CCN(S(=O)(=O)c2cccc([N+](=O)[O-])c2)CC1. The van der Waals surface area contributed by atoms with Crippen LogP contribution in [0.4, 0.5) is 5.69 Å². The minimum absolute atomic E-state index is 0.111. The Labute approximate surface area is 162 Å². The fourth-order valence-corrected chi connectivity index (χ4v) is 4.60. The molecule has 1 N–H and O–H groups in total. The molecule has 10 heteroatoms. The molecule has 0 bridgehead atoms. The van der Waals surface area contributed by atoms with Crippen molar-refractivity contribution in [1.82, 2.24) is 14.6 Å². The molecule has 1 fully saturated rings. The van der Waals surface area contributed by atoms with Gasteiger partial charge < -0.3 is 5.32 Å².